The molecule has 6 nitrogen and oxygen atoms in total. The van der Waals surface area contributed by atoms with E-state index in [9.17, 15) is 4.79 Å². The van der Waals surface area contributed by atoms with Gasteiger partial charge in [-0.1, -0.05) is 71.4 Å². The molecule has 5 aromatic rings. The van der Waals surface area contributed by atoms with Crippen LogP contribution in [0.5, 0.6) is 0 Å². The summed E-state index contributed by atoms with van der Waals surface area (Å²) in [6.45, 7) is 4.19. The van der Waals surface area contributed by atoms with Crippen LogP contribution in [0.2, 0.25) is 0 Å². The molecule has 2 heterocycles. The molecule has 0 aliphatic carbocycles. The number of aryl methyl sites for hydroxylation is 2. The lowest BCUT2D eigenvalue weighted by molar-refractivity contribution is 0.364. The zero-order chi connectivity index (χ0) is 21.4. The maximum Gasteiger partial charge on any atom is 0.275 e. The Balaban J connectivity index is 1.63. The summed E-state index contributed by atoms with van der Waals surface area (Å²) in [5.41, 5.74) is 4.66. The molecular weight excluding hydrogens is 388 g/mol. The molecule has 3 aromatic carbocycles. The predicted octanol–water partition coefficient (Wildman–Crippen LogP) is 4.78. The molecule has 0 saturated heterocycles. The highest BCUT2D eigenvalue weighted by Crippen LogP contribution is 2.28. The van der Waals surface area contributed by atoms with E-state index in [2.05, 4.69) is 28.3 Å². The lowest BCUT2D eigenvalue weighted by Gasteiger charge is -2.12. The maximum atomic E-state index is 13.2. The van der Waals surface area contributed by atoms with Gasteiger partial charge in [0.1, 0.15) is 6.54 Å². The van der Waals surface area contributed by atoms with Crippen molar-refractivity contribution >= 4 is 10.8 Å². The minimum Gasteiger partial charge on any atom is -0.337 e. The van der Waals surface area contributed by atoms with Crippen LogP contribution in [0, 0.1) is 13.8 Å². The fourth-order valence-electron chi connectivity index (χ4n) is 3.68. The summed E-state index contributed by atoms with van der Waals surface area (Å²) >= 11 is 0. The average molecular weight is 408 g/mol. The molecule has 31 heavy (non-hydrogen) atoms. The van der Waals surface area contributed by atoms with Crippen molar-refractivity contribution in [3.63, 3.8) is 0 Å². The standard InChI is InChI=1S/C25H20N4O2/c1-16-12-13-17(2)21(14-16)23-19-10-6-7-11-20(19)25(30)29(27-23)15-22-26-24(28-31-22)18-8-4-3-5-9-18/h3-14H,15H2,1-2H3. The number of rotatable bonds is 4. The first-order chi connectivity index (χ1) is 15.1. The summed E-state index contributed by atoms with van der Waals surface area (Å²) in [6, 6.07) is 23.4. The average Bonchev–Trinajstić information content (AvgIpc) is 3.27. The molecule has 0 fully saturated rings. The van der Waals surface area contributed by atoms with Crippen molar-refractivity contribution in [2.24, 2.45) is 0 Å². The topological polar surface area (TPSA) is 73.8 Å². The molecule has 0 bridgehead atoms. The third kappa shape index (κ3) is 3.53. The highest BCUT2D eigenvalue weighted by molar-refractivity contribution is 5.94. The fourth-order valence-corrected chi connectivity index (χ4v) is 3.68. The van der Waals surface area contributed by atoms with Gasteiger partial charge in [0.05, 0.1) is 11.1 Å². The van der Waals surface area contributed by atoms with Crippen molar-refractivity contribution in [2.45, 2.75) is 20.4 Å². The first-order valence-electron chi connectivity index (χ1n) is 10.1. The number of fused-ring (bicyclic) bond motifs is 1. The van der Waals surface area contributed by atoms with Gasteiger partial charge in [-0.2, -0.15) is 10.1 Å². The molecule has 2 aromatic heterocycles. The Morgan fingerprint density at radius 1 is 0.903 bits per heavy atom. The Kier molecular flexibility index (Phi) is 4.67. The molecule has 152 valence electrons. The second-order valence-electron chi connectivity index (χ2n) is 7.55. The predicted molar refractivity (Wildman–Crippen MR) is 120 cm³/mol. The Hall–Kier alpha value is -4.06. The van der Waals surface area contributed by atoms with E-state index in [0.29, 0.717) is 17.1 Å². The third-order valence-corrected chi connectivity index (χ3v) is 5.30. The second-order valence-corrected chi connectivity index (χ2v) is 7.55. The normalized spacial score (nSPS) is 11.2. The van der Waals surface area contributed by atoms with Gasteiger partial charge in [0, 0.05) is 16.5 Å². The van der Waals surface area contributed by atoms with Crippen LogP contribution in [-0.2, 0) is 6.54 Å². The summed E-state index contributed by atoms with van der Waals surface area (Å²) in [5.74, 6) is 0.815. The van der Waals surface area contributed by atoms with Crippen molar-refractivity contribution in [1.29, 1.82) is 0 Å². The van der Waals surface area contributed by atoms with Gasteiger partial charge in [-0.15, -0.1) is 0 Å². The fraction of sp³-hybridized carbons (Fsp3) is 0.120. The van der Waals surface area contributed by atoms with E-state index in [4.69, 9.17) is 9.62 Å². The minimum atomic E-state index is -0.191. The second kappa shape index (κ2) is 7.65. The molecule has 0 unspecified atom stereocenters. The Labute approximate surface area is 178 Å². The Morgan fingerprint density at radius 3 is 2.45 bits per heavy atom. The van der Waals surface area contributed by atoms with Crippen molar-refractivity contribution < 1.29 is 4.52 Å². The van der Waals surface area contributed by atoms with E-state index in [1.165, 1.54) is 4.68 Å². The zero-order valence-electron chi connectivity index (χ0n) is 17.2. The third-order valence-electron chi connectivity index (χ3n) is 5.30. The van der Waals surface area contributed by atoms with Gasteiger partial charge >= 0.3 is 0 Å². The van der Waals surface area contributed by atoms with E-state index < -0.39 is 0 Å². The largest absolute Gasteiger partial charge is 0.337 e. The Bertz CT molecular complexity index is 1450. The van der Waals surface area contributed by atoms with E-state index >= 15 is 0 Å². The van der Waals surface area contributed by atoms with Gasteiger partial charge in [0.2, 0.25) is 11.7 Å². The number of nitrogens with zero attached hydrogens (tertiary/aromatic N) is 4. The summed E-state index contributed by atoms with van der Waals surface area (Å²) in [6.07, 6.45) is 0. The highest BCUT2D eigenvalue weighted by Gasteiger charge is 2.16. The first kappa shape index (κ1) is 18.9. The van der Waals surface area contributed by atoms with Crippen LogP contribution >= 0.6 is 0 Å². The van der Waals surface area contributed by atoms with Crippen molar-refractivity contribution in [3.05, 3.63) is 100 Å². The summed E-state index contributed by atoms with van der Waals surface area (Å²) < 4.78 is 6.82. The van der Waals surface area contributed by atoms with Gasteiger partial charge in [0.15, 0.2) is 0 Å². The lowest BCUT2D eigenvalue weighted by atomic mass is 9.99. The van der Waals surface area contributed by atoms with Gasteiger partial charge in [0.25, 0.3) is 5.56 Å². The van der Waals surface area contributed by atoms with Gasteiger partial charge in [-0.05, 0) is 31.5 Å². The van der Waals surface area contributed by atoms with Gasteiger partial charge < -0.3 is 4.52 Å². The molecule has 0 radical (unpaired) electrons. The quantitative estimate of drug-likeness (QED) is 0.428. The zero-order valence-corrected chi connectivity index (χ0v) is 17.2. The first-order valence-corrected chi connectivity index (χ1v) is 10.1. The molecule has 0 N–H and O–H groups in total. The summed E-state index contributed by atoms with van der Waals surface area (Å²) in [5, 5.41) is 10.2. The van der Waals surface area contributed by atoms with E-state index in [0.717, 1.165) is 33.3 Å². The van der Waals surface area contributed by atoms with Crippen LogP contribution in [0.15, 0.2) is 82.1 Å². The van der Waals surface area contributed by atoms with Crippen LogP contribution in [0.1, 0.15) is 17.0 Å². The smallest absolute Gasteiger partial charge is 0.275 e. The summed E-state index contributed by atoms with van der Waals surface area (Å²) in [4.78, 5) is 17.6. The minimum absolute atomic E-state index is 0.0986. The molecule has 0 aliphatic heterocycles. The molecule has 0 spiro atoms. The van der Waals surface area contributed by atoms with Crippen molar-refractivity contribution in [1.82, 2.24) is 19.9 Å². The number of benzene rings is 3. The Morgan fingerprint density at radius 2 is 1.65 bits per heavy atom. The number of aromatic nitrogens is 4. The van der Waals surface area contributed by atoms with Crippen LogP contribution in [0.4, 0.5) is 0 Å². The molecule has 5 rings (SSSR count). The number of hydrogen-bond donors (Lipinski definition) is 0. The molecular formula is C25H20N4O2. The van der Waals surface area contributed by atoms with Crippen molar-refractivity contribution in [3.8, 4) is 22.6 Å². The highest BCUT2D eigenvalue weighted by atomic mass is 16.5. The molecule has 0 saturated carbocycles. The summed E-state index contributed by atoms with van der Waals surface area (Å²) in [7, 11) is 0. The van der Waals surface area contributed by atoms with Crippen LogP contribution in [0.3, 0.4) is 0 Å². The number of hydrogen-bond acceptors (Lipinski definition) is 5. The van der Waals surface area contributed by atoms with Crippen LogP contribution in [-0.4, -0.2) is 19.9 Å². The molecule has 0 amide bonds. The van der Waals surface area contributed by atoms with E-state index in [1.54, 1.807) is 0 Å². The van der Waals surface area contributed by atoms with E-state index in [-0.39, 0.29) is 12.1 Å². The monoisotopic (exact) mass is 408 g/mol. The molecule has 6 heteroatoms. The maximum absolute atomic E-state index is 13.2. The van der Waals surface area contributed by atoms with E-state index in [1.807, 2.05) is 68.4 Å². The van der Waals surface area contributed by atoms with Gasteiger partial charge in [-0.25, -0.2) is 4.68 Å². The van der Waals surface area contributed by atoms with Crippen LogP contribution in [0.25, 0.3) is 33.4 Å². The lowest BCUT2D eigenvalue weighted by Crippen LogP contribution is -2.24. The van der Waals surface area contributed by atoms with Gasteiger partial charge in [-0.3, -0.25) is 4.79 Å². The SMILES string of the molecule is Cc1ccc(C)c(-c2nn(Cc3nc(-c4ccccc4)no3)c(=O)c3ccccc23)c1. The van der Waals surface area contributed by atoms with Crippen LogP contribution < -0.4 is 5.56 Å². The molecule has 0 aliphatic rings. The van der Waals surface area contributed by atoms with Crippen molar-refractivity contribution in [2.75, 3.05) is 0 Å². The molecule has 0 atom stereocenters.